The van der Waals surface area contributed by atoms with Crippen LogP contribution < -0.4 is 9.47 Å². The summed E-state index contributed by atoms with van der Waals surface area (Å²) >= 11 is 5.68. The fourth-order valence-corrected chi connectivity index (χ4v) is 2.22. The molecule has 6 heteroatoms. The Morgan fingerprint density at radius 2 is 2.05 bits per heavy atom. The number of nitrogens with zero attached hydrogens (tertiary/aromatic N) is 3. The zero-order valence-corrected chi connectivity index (χ0v) is 11.8. The molecule has 0 saturated carbocycles. The number of hydrogen-bond acceptors (Lipinski definition) is 4. The summed E-state index contributed by atoms with van der Waals surface area (Å²) in [5, 5.41) is 8.28. The summed E-state index contributed by atoms with van der Waals surface area (Å²) in [6.45, 7) is 1.37. The van der Waals surface area contributed by atoms with Crippen molar-refractivity contribution < 1.29 is 9.47 Å². The van der Waals surface area contributed by atoms with Crippen molar-refractivity contribution in [3.05, 3.63) is 30.1 Å². The molecule has 0 saturated heterocycles. The Kier molecular flexibility index (Phi) is 4.06. The monoisotopic (exact) mass is 293 g/mol. The highest BCUT2D eigenvalue weighted by Crippen LogP contribution is 2.31. The lowest BCUT2D eigenvalue weighted by atomic mass is 10.2. The van der Waals surface area contributed by atoms with Crippen LogP contribution in [0.25, 0.3) is 5.69 Å². The molecular formula is C14H16ClN3O2. The first-order valence-corrected chi connectivity index (χ1v) is 7.27. The highest BCUT2D eigenvalue weighted by atomic mass is 35.5. The molecule has 0 unspecified atom stereocenters. The molecule has 20 heavy (non-hydrogen) atoms. The molecule has 1 aromatic carbocycles. The average Bonchev–Trinajstić information content (AvgIpc) is 2.82. The first-order valence-electron chi connectivity index (χ1n) is 6.74. The SMILES string of the molecule is ClCCCc1cn(-c2ccc3c(c2)OCCCO3)nn1. The minimum Gasteiger partial charge on any atom is -0.490 e. The molecule has 0 atom stereocenters. The smallest absolute Gasteiger partial charge is 0.163 e. The molecular weight excluding hydrogens is 278 g/mol. The van der Waals surface area contributed by atoms with Gasteiger partial charge < -0.3 is 9.47 Å². The fourth-order valence-electron chi connectivity index (χ4n) is 2.08. The van der Waals surface area contributed by atoms with Gasteiger partial charge in [-0.1, -0.05) is 5.21 Å². The summed E-state index contributed by atoms with van der Waals surface area (Å²) in [5.74, 6) is 2.18. The second-order valence-electron chi connectivity index (χ2n) is 4.63. The van der Waals surface area contributed by atoms with E-state index in [1.807, 2.05) is 24.4 Å². The number of fused-ring (bicyclic) bond motifs is 1. The minimum atomic E-state index is 0.636. The summed E-state index contributed by atoms with van der Waals surface area (Å²) in [4.78, 5) is 0. The first-order chi connectivity index (χ1) is 9.86. The Hall–Kier alpha value is -1.75. The Morgan fingerprint density at radius 3 is 2.90 bits per heavy atom. The number of halogens is 1. The number of rotatable bonds is 4. The molecule has 0 amide bonds. The third-order valence-electron chi connectivity index (χ3n) is 3.10. The second-order valence-corrected chi connectivity index (χ2v) is 5.01. The summed E-state index contributed by atoms with van der Waals surface area (Å²) in [5.41, 5.74) is 1.86. The van der Waals surface area contributed by atoms with Gasteiger partial charge in [0.25, 0.3) is 0 Å². The molecule has 0 fully saturated rings. The van der Waals surface area contributed by atoms with Gasteiger partial charge >= 0.3 is 0 Å². The van der Waals surface area contributed by atoms with Crippen LogP contribution in [0.4, 0.5) is 0 Å². The molecule has 1 aromatic heterocycles. The van der Waals surface area contributed by atoms with Crippen LogP contribution in [0, 0.1) is 0 Å². The molecule has 5 nitrogen and oxygen atoms in total. The van der Waals surface area contributed by atoms with E-state index in [0.717, 1.165) is 42.1 Å². The van der Waals surface area contributed by atoms with E-state index in [1.54, 1.807) is 4.68 Å². The van der Waals surface area contributed by atoms with Gasteiger partial charge in [0.2, 0.25) is 0 Å². The maximum atomic E-state index is 5.68. The van der Waals surface area contributed by atoms with Crippen LogP contribution in [-0.2, 0) is 6.42 Å². The topological polar surface area (TPSA) is 49.2 Å². The van der Waals surface area contributed by atoms with Crippen molar-refractivity contribution >= 4 is 11.6 Å². The van der Waals surface area contributed by atoms with Gasteiger partial charge in [0.15, 0.2) is 11.5 Å². The largest absolute Gasteiger partial charge is 0.490 e. The fraction of sp³-hybridized carbons (Fsp3) is 0.429. The standard InChI is InChI=1S/C14H16ClN3O2/c15-6-1-3-11-10-18(17-16-11)12-4-5-13-14(9-12)20-8-2-7-19-13/h4-5,9-10H,1-3,6-8H2. The second kappa shape index (κ2) is 6.13. The van der Waals surface area contributed by atoms with Gasteiger partial charge in [-0.2, -0.15) is 0 Å². The van der Waals surface area contributed by atoms with Crippen LogP contribution in [0.2, 0.25) is 0 Å². The highest BCUT2D eigenvalue weighted by molar-refractivity contribution is 6.17. The first kappa shape index (κ1) is 13.2. The number of benzene rings is 1. The maximum Gasteiger partial charge on any atom is 0.163 e. The molecule has 0 spiro atoms. The van der Waals surface area contributed by atoms with Gasteiger partial charge in [0, 0.05) is 18.4 Å². The van der Waals surface area contributed by atoms with Crippen molar-refractivity contribution in [2.75, 3.05) is 19.1 Å². The van der Waals surface area contributed by atoms with Crippen LogP contribution in [0.5, 0.6) is 11.5 Å². The quantitative estimate of drug-likeness (QED) is 0.813. The number of aryl methyl sites for hydroxylation is 1. The molecule has 2 aromatic rings. The Bertz CT molecular complexity index is 586. The van der Waals surface area contributed by atoms with E-state index in [-0.39, 0.29) is 0 Å². The molecule has 0 radical (unpaired) electrons. The number of aromatic nitrogens is 3. The predicted molar refractivity (Wildman–Crippen MR) is 76.0 cm³/mol. The molecule has 0 aliphatic carbocycles. The Balaban J connectivity index is 1.83. The van der Waals surface area contributed by atoms with Crippen molar-refractivity contribution in [3.8, 4) is 17.2 Å². The molecule has 0 N–H and O–H groups in total. The van der Waals surface area contributed by atoms with Gasteiger partial charge in [0.05, 0.1) is 30.8 Å². The molecule has 2 heterocycles. The summed E-state index contributed by atoms with van der Waals surface area (Å²) < 4.78 is 13.0. The molecule has 1 aliphatic heterocycles. The van der Waals surface area contributed by atoms with Crippen LogP contribution >= 0.6 is 11.6 Å². The van der Waals surface area contributed by atoms with E-state index in [1.165, 1.54) is 0 Å². The minimum absolute atomic E-state index is 0.636. The Labute approximate surface area is 122 Å². The lowest BCUT2D eigenvalue weighted by Crippen LogP contribution is -1.98. The van der Waals surface area contributed by atoms with E-state index in [2.05, 4.69) is 10.3 Å². The lowest BCUT2D eigenvalue weighted by molar-refractivity contribution is 0.297. The van der Waals surface area contributed by atoms with Crippen LogP contribution in [-0.4, -0.2) is 34.1 Å². The summed E-state index contributed by atoms with van der Waals surface area (Å²) in [6.07, 6.45) is 4.57. The zero-order valence-electron chi connectivity index (χ0n) is 11.1. The molecule has 106 valence electrons. The highest BCUT2D eigenvalue weighted by Gasteiger charge is 2.12. The third-order valence-corrected chi connectivity index (χ3v) is 3.37. The van der Waals surface area contributed by atoms with Crippen molar-refractivity contribution in [2.24, 2.45) is 0 Å². The van der Waals surface area contributed by atoms with E-state index < -0.39 is 0 Å². The van der Waals surface area contributed by atoms with E-state index in [4.69, 9.17) is 21.1 Å². The molecule has 1 aliphatic rings. The number of ether oxygens (including phenoxy) is 2. The zero-order chi connectivity index (χ0) is 13.8. The van der Waals surface area contributed by atoms with Crippen molar-refractivity contribution in [2.45, 2.75) is 19.3 Å². The molecule has 3 rings (SSSR count). The number of alkyl halides is 1. The van der Waals surface area contributed by atoms with Gasteiger partial charge in [0.1, 0.15) is 0 Å². The number of hydrogen-bond donors (Lipinski definition) is 0. The van der Waals surface area contributed by atoms with Gasteiger partial charge in [-0.25, -0.2) is 4.68 Å². The van der Waals surface area contributed by atoms with E-state index in [0.29, 0.717) is 19.1 Å². The third kappa shape index (κ3) is 2.88. The van der Waals surface area contributed by atoms with Gasteiger partial charge in [-0.3, -0.25) is 0 Å². The Morgan fingerprint density at radius 1 is 1.20 bits per heavy atom. The van der Waals surface area contributed by atoms with Crippen molar-refractivity contribution in [1.29, 1.82) is 0 Å². The van der Waals surface area contributed by atoms with Crippen LogP contribution in [0.1, 0.15) is 18.5 Å². The van der Waals surface area contributed by atoms with Crippen molar-refractivity contribution in [1.82, 2.24) is 15.0 Å². The predicted octanol–water partition coefficient (Wildman–Crippen LogP) is 2.60. The van der Waals surface area contributed by atoms with Crippen molar-refractivity contribution in [3.63, 3.8) is 0 Å². The molecule has 0 bridgehead atoms. The van der Waals surface area contributed by atoms with E-state index in [9.17, 15) is 0 Å². The lowest BCUT2D eigenvalue weighted by Gasteiger charge is -2.08. The average molecular weight is 294 g/mol. The maximum absolute atomic E-state index is 5.68. The van der Waals surface area contributed by atoms with E-state index >= 15 is 0 Å². The normalized spacial score (nSPS) is 14.1. The van der Waals surface area contributed by atoms with Gasteiger partial charge in [-0.05, 0) is 25.0 Å². The summed E-state index contributed by atoms with van der Waals surface area (Å²) in [6, 6.07) is 5.80. The van der Waals surface area contributed by atoms with Crippen LogP contribution in [0.3, 0.4) is 0 Å². The van der Waals surface area contributed by atoms with Gasteiger partial charge in [-0.15, -0.1) is 16.7 Å². The van der Waals surface area contributed by atoms with Crippen LogP contribution in [0.15, 0.2) is 24.4 Å². The summed E-state index contributed by atoms with van der Waals surface area (Å²) in [7, 11) is 0.